The van der Waals surface area contributed by atoms with Crippen molar-refractivity contribution in [1.29, 1.82) is 0 Å². The van der Waals surface area contributed by atoms with E-state index in [4.69, 9.17) is 0 Å². The van der Waals surface area contributed by atoms with Gasteiger partial charge in [-0.2, -0.15) is 0 Å². The van der Waals surface area contributed by atoms with Crippen LogP contribution in [0.15, 0.2) is 28.7 Å². The summed E-state index contributed by atoms with van der Waals surface area (Å²) in [6, 6.07) is 6.92. The van der Waals surface area contributed by atoms with E-state index in [9.17, 15) is 13.2 Å². The third kappa shape index (κ3) is 4.19. The van der Waals surface area contributed by atoms with Gasteiger partial charge in [-0.25, -0.2) is 0 Å². The average molecular weight is 328 g/mol. The zero-order valence-electron chi connectivity index (χ0n) is 6.73. The second-order valence-corrected chi connectivity index (χ2v) is 4.94. The van der Waals surface area contributed by atoms with Crippen LogP contribution in [0.4, 0.5) is 13.2 Å². The van der Waals surface area contributed by atoms with E-state index in [1.807, 2.05) is 0 Å². The van der Waals surface area contributed by atoms with Crippen LogP contribution in [0.2, 0.25) is 0 Å². The van der Waals surface area contributed by atoms with Crippen LogP contribution in [0.3, 0.4) is 0 Å². The van der Waals surface area contributed by atoms with E-state index in [0.29, 0.717) is 10.0 Å². The second kappa shape index (κ2) is 4.88. The molecule has 0 aromatic heterocycles. The summed E-state index contributed by atoms with van der Waals surface area (Å²) < 4.78 is 36.0. The van der Waals surface area contributed by atoms with Crippen molar-refractivity contribution in [2.75, 3.05) is 0 Å². The molecule has 0 radical (unpaired) electrons. The molecule has 74 valence electrons. The van der Waals surface area contributed by atoms with Gasteiger partial charge in [0.15, 0.2) is 0 Å². The van der Waals surface area contributed by atoms with Crippen LogP contribution in [0.1, 0.15) is 5.56 Å². The molecule has 0 amide bonds. The molecule has 0 aliphatic carbocycles. The van der Waals surface area contributed by atoms with Gasteiger partial charge in [-0.05, 0) is 0 Å². The first kappa shape index (κ1) is 11.6. The monoisotopic (exact) mass is 328 g/mol. The van der Waals surface area contributed by atoms with Gasteiger partial charge in [-0.3, -0.25) is 0 Å². The molecule has 1 rings (SSSR count). The second-order valence-electron chi connectivity index (χ2n) is 2.25. The van der Waals surface area contributed by atoms with Gasteiger partial charge < -0.3 is 0 Å². The zero-order valence-corrected chi connectivity index (χ0v) is 10.0. The van der Waals surface area contributed by atoms with Crippen molar-refractivity contribution in [3.63, 3.8) is 0 Å². The Labute approximate surface area is 94.2 Å². The fourth-order valence-corrected chi connectivity index (χ4v) is 1.67. The Kier molecular flexibility index (Phi) is 4.06. The van der Waals surface area contributed by atoms with Crippen molar-refractivity contribution in [3.05, 3.63) is 34.3 Å². The van der Waals surface area contributed by atoms with Crippen molar-refractivity contribution in [1.82, 2.24) is 0 Å². The molecular weight excluding hydrogens is 324 g/mol. The minimum atomic E-state index is -4.15. The summed E-state index contributed by atoms with van der Waals surface area (Å²) >= 11 is 1.58. The standard InChI is InChI=1S/C9H4BrF3Se/c10-8-4-2-1-3-7(8)5-6-14-9(11,12)13/h1-4H. The molecule has 0 fully saturated rings. The average Bonchev–Trinajstić information content (AvgIpc) is 2.06. The number of halogens is 4. The molecule has 1 aromatic carbocycles. The van der Waals surface area contributed by atoms with Crippen molar-refractivity contribution >= 4 is 30.9 Å². The summed E-state index contributed by atoms with van der Waals surface area (Å²) in [5.41, 5.74) is 0.582. The first-order chi connectivity index (χ1) is 6.49. The number of alkyl halides is 3. The molecule has 0 atom stereocenters. The van der Waals surface area contributed by atoms with Crippen molar-refractivity contribution < 1.29 is 13.2 Å². The summed E-state index contributed by atoms with van der Waals surface area (Å²) in [5, 5.41) is -4.15. The van der Waals surface area contributed by atoms with Crippen LogP contribution in [0.25, 0.3) is 0 Å². The molecule has 0 aliphatic heterocycles. The summed E-state index contributed by atoms with van der Waals surface area (Å²) in [5.74, 6) is 2.48. The number of hydrogen-bond acceptors (Lipinski definition) is 0. The Bertz CT molecular complexity index is 376. The van der Waals surface area contributed by atoms with E-state index >= 15 is 0 Å². The molecule has 0 spiro atoms. The molecule has 5 heteroatoms. The summed E-state index contributed by atoms with van der Waals surface area (Å²) in [7, 11) is 0. The van der Waals surface area contributed by atoms with Crippen molar-refractivity contribution in [3.8, 4) is 10.7 Å². The van der Waals surface area contributed by atoms with Crippen molar-refractivity contribution in [2.45, 2.75) is 5.07 Å². The molecule has 0 nitrogen and oxygen atoms in total. The quantitative estimate of drug-likeness (QED) is 0.507. The fraction of sp³-hybridized carbons (Fsp3) is 0.111. The van der Waals surface area contributed by atoms with Gasteiger partial charge in [0.1, 0.15) is 0 Å². The Morgan fingerprint density at radius 1 is 1.21 bits per heavy atom. The summed E-state index contributed by atoms with van der Waals surface area (Å²) in [4.78, 5) is 2.14. The zero-order chi connectivity index (χ0) is 10.6. The molecule has 14 heavy (non-hydrogen) atoms. The molecule has 0 bridgehead atoms. The maximum absolute atomic E-state index is 11.8. The summed E-state index contributed by atoms with van der Waals surface area (Å²) in [6.45, 7) is 0. The Hall–Kier alpha value is -0.431. The van der Waals surface area contributed by atoms with E-state index in [-0.39, 0.29) is 0 Å². The minimum absolute atomic E-state index is 0.582. The van der Waals surface area contributed by atoms with Crippen LogP contribution in [0.5, 0.6) is 0 Å². The van der Waals surface area contributed by atoms with Gasteiger partial charge in [0, 0.05) is 0 Å². The fourth-order valence-electron chi connectivity index (χ4n) is 0.701. The van der Waals surface area contributed by atoms with E-state index in [1.165, 1.54) is 0 Å². The molecule has 0 aliphatic rings. The van der Waals surface area contributed by atoms with Crippen LogP contribution in [0, 0.1) is 10.7 Å². The third-order valence-corrected chi connectivity index (χ3v) is 2.83. The van der Waals surface area contributed by atoms with Crippen LogP contribution < -0.4 is 0 Å². The Morgan fingerprint density at radius 3 is 2.43 bits per heavy atom. The molecule has 1 aromatic rings. The molecule has 0 saturated carbocycles. The molecule has 0 unspecified atom stereocenters. The molecule has 0 heterocycles. The molecular formula is C9H4BrF3Se. The van der Waals surface area contributed by atoms with Crippen molar-refractivity contribution in [2.24, 2.45) is 0 Å². The van der Waals surface area contributed by atoms with E-state index < -0.39 is 20.0 Å². The van der Waals surface area contributed by atoms with Gasteiger partial charge in [0.25, 0.3) is 0 Å². The van der Waals surface area contributed by atoms with Crippen LogP contribution in [-0.2, 0) is 0 Å². The topological polar surface area (TPSA) is 0 Å². The molecule has 0 saturated heterocycles. The molecule has 0 N–H and O–H groups in total. The number of rotatable bonds is 0. The maximum atomic E-state index is 11.8. The van der Waals surface area contributed by atoms with Crippen LogP contribution >= 0.6 is 15.9 Å². The normalized spacial score (nSPS) is 10.6. The predicted molar refractivity (Wildman–Crippen MR) is 52.8 cm³/mol. The van der Waals surface area contributed by atoms with E-state index in [1.54, 1.807) is 24.3 Å². The van der Waals surface area contributed by atoms with Gasteiger partial charge >= 0.3 is 94.2 Å². The number of benzene rings is 1. The van der Waals surface area contributed by atoms with Gasteiger partial charge in [0.05, 0.1) is 0 Å². The number of hydrogen-bond donors (Lipinski definition) is 0. The third-order valence-electron chi connectivity index (χ3n) is 1.23. The van der Waals surface area contributed by atoms with Gasteiger partial charge in [-0.1, -0.05) is 0 Å². The van der Waals surface area contributed by atoms with E-state index in [0.717, 1.165) is 0 Å². The van der Waals surface area contributed by atoms with Gasteiger partial charge in [-0.15, -0.1) is 0 Å². The SMILES string of the molecule is FC(F)(F)[Se]C#Cc1ccccc1Br. The first-order valence-electron chi connectivity index (χ1n) is 3.49. The predicted octanol–water partition coefficient (Wildman–Crippen LogP) is 2.98. The van der Waals surface area contributed by atoms with Crippen LogP contribution in [-0.4, -0.2) is 20.0 Å². The Morgan fingerprint density at radius 2 is 1.86 bits per heavy atom. The summed E-state index contributed by atoms with van der Waals surface area (Å²) in [6.07, 6.45) is 0. The van der Waals surface area contributed by atoms with E-state index in [2.05, 4.69) is 26.7 Å². The first-order valence-corrected chi connectivity index (χ1v) is 6.00. The Balaban J connectivity index is 2.74. The van der Waals surface area contributed by atoms with Gasteiger partial charge in [0.2, 0.25) is 0 Å².